The third kappa shape index (κ3) is 2.78. The first-order valence-electron chi connectivity index (χ1n) is 6.35. The highest BCUT2D eigenvalue weighted by molar-refractivity contribution is 6.31. The Kier molecular flexibility index (Phi) is 4.12. The Bertz CT molecular complexity index is 441. The van der Waals surface area contributed by atoms with Crippen LogP contribution >= 0.6 is 11.6 Å². The zero-order chi connectivity index (χ0) is 13.1. The van der Waals surface area contributed by atoms with E-state index >= 15 is 0 Å². The molecule has 0 saturated heterocycles. The third-order valence-electron chi connectivity index (χ3n) is 3.69. The van der Waals surface area contributed by atoms with Gasteiger partial charge in [-0.3, -0.25) is 0 Å². The van der Waals surface area contributed by atoms with Crippen LogP contribution in [0.4, 0.5) is 5.69 Å². The minimum atomic E-state index is -0.899. The molecule has 4 heteroatoms. The highest BCUT2D eigenvalue weighted by atomic mass is 35.5. The predicted octanol–water partition coefficient (Wildman–Crippen LogP) is 3.81. The molecule has 1 aliphatic rings. The quantitative estimate of drug-likeness (QED) is 0.905. The number of carboxylic acids is 1. The molecule has 0 radical (unpaired) electrons. The summed E-state index contributed by atoms with van der Waals surface area (Å²) in [6, 6.07) is 5.39. The van der Waals surface area contributed by atoms with E-state index in [0.29, 0.717) is 16.6 Å². The molecular formula is C14H18ClNO2. The van der Waals surface area contributed by atoms with Gasteiger partial charge in [-0.1, -0.05) is 30.9 Å². The van der Waals surface area contributed by atoms with Gasteiger partial charge in [0.25, 0.3) is 0 Å². The van der Waals surface area contributed by atoms with Gasteiger partial charge in [0, 0.05) is 18.1 Å². The third-order valence-corrected chi connectivity index (χ3v) is 3.93. The Balaban J connectivity index is 2.30. The molecular weight excluding hydrogens is 250 g/mol. The molecule has 0 spiro atoms. The van der Waals surface area contributed by atoms with Crippen molar-refractivity contribution in [3.63, 3.8) is 0 Å². The van der Waals surface area contributed by atoms with Crippen LogP contribution in [0.15, 0.2) is 18.2 Å². The number of anilines is 1. The lowest BCUT2D eigenvalue weighted by atomic mass is 9.94. The fraction of sp³-hybridized carbons (Fsp3) is 0.500. The highest BCUT2D eigenvalue weighted by Crippen LogP contribution is 2.30. The SMILES string of the molecule is CN(c1cc(Cl)ccc1C(=O)O)C1CCCCC1. The fourth-order valence-electron chi connectivity index (χ4n) is 2.64. The molecule has 0 heterocycles. The lowest BCUT2D eigenvalue weighted by Gasteiger charge is -2.33. The van der Waals surface area contributed by atoms with Crippen LogP contribution in [0, 0.1) is 0 Å². The summed E-state index contributed by atoms with van der Waals surface area (Å²) in [5.41, 5.74) is 1.05. The van der Waals surface area contributed by atoms with Crippen molar-refractivity contribution in [2.24, 2.45) is 0 Å². The van der Waals surface area contributed by atoms with E-state index in [2.05, 4.69) is 4.90 Å². The minimum absolute atomic E-state index is 0.326. The number of nitrogens with zero attached hydrogens (tertiary/aromatic N) is 1. The molecule has 0 atom stereocenters. The van der Waals surface area contributed by atoms with Crippen molar-refractivity contribution in [1.82, 2.24) is 0 Å². The van der Waals surface area contributed by atoms with Crippen LogP contribution in [-0.2, 0) is 0 Å². The number of aromatic carboxylic acids is 1. The molecule has 0 bridgehead atoms. The molecule has 1 N–H and O–H groups in total. The van der Waals surface area contributed by atoms with E-state index in [1.165, 1.54) is 19.3 Å². The molecule has 1 aromatic carbocycles. The van der Waals surface area contributed by atoms with Crippen molar-refractivity contribution in [3.8, 4) is 0 Å². The summed E-state index contributed by atoms with van der Waals surface area (Å²) < 4.78 is 0. The second-order valence-corrected chi connectivity index (χ2v) is 5.31. The fourth-order valence-corrected chi connectivity index (χ4v) is 2.81. The first-order chi connectivity index (χ1) is 8.59. The summed E-state index contributed by atoms with van der Waals surface area (Å²) in [5.74, 6) is -0.899. The summed E-state index contributed by atoms with van der Waals surface area (Å²) in [7, 11) is 1.97. The van der Waals surface area contributed by atoms with E-state index in [0.717, 1.165) is 18.5 Å². The topological polar surface area (TPSA) is 40.5 Å². The summed E-state index contributed by atoms with van der Waals surface area (Å²) in [6.45, 7) is 0. The van der Waals surface area contributed by atoms with E-state index in [9.17, 15) is 9.90 Å². The van der Waals surface area contributed by atoms with Gasteiger partial charge in [0.15, 0.2) is 0 Å². The van der Waals surface area contributed by atoms with E-state index < -0.39 is 5.97 Å². The summed E-state index contributed by atoms with van der Waals surface area (Å²) in [4.78, 5) is 13.3. The molecule has 1 aromatic rings. The molecule has 98 valence electrons. The second-order valence-electron chi connectivity index (χ2n) is 4.87. The van der Waals surface area contributed by atoms with Crippen molar-refractivity contribution < 1.29 is 9.90 Å². The van der Waals surface area contributed by atoms with Crippen LogP contribution in [0.3, 0.4) is 0 Å². The van der Waals surface area contributed by atoms with E-state index in [-0.39, 0.29) is 0 Å². The molecule has 0 unspecified atom stereocenters. The zero-order valence-corrected chi connectivity index (χ0v) is 11.3. The van der Waals surface area contributed by atoms with Crippen LogP contribution in [0.1, 0.15) is 42.5 Å². The molecule has 2 rings (SSSR count). The number of hydrogen-bond donors (Lipinski definition) is 1. The maximum Gasteiger partial charge on any atom is 0.337 e. The van der Waals surface area contributed by atoms with Gasteiger partial charge in [0.1, 0.15) is 0 Å². The summed E-state index contributed by atoms with van der Waals surface area (Å²) in [6.07, 6.45) is 5.98. The smallest absolute Gasteiger partial charge is 0.337 e. The molecule has 18 heavy (non-hydrogen) atoms. The average Bonchev–Trinajstić information content (AvgIpc) is 2.38. The van der Waals surface area contributed by atoms with Crippen molar-refractivity contribution in [3.05, 3.63) is 28.8 Å². The van der Waals surface area contributed by atoms with Gasteiger partial charge in [-0.2, -0.15) is 0 Å². The van der Waals surface area contributed by atoms with Crippen LogP contribution in [-0.4, -0.2) is 24.2 Å². The van der Waals surface area contributed by atoms with Gasteiger partial charge in [-0.15, -0.1) is 0 Å². The Hall–Kier alpha value is -1.22. The molecule has 0 aliphatic heterocycles. The Morgan fingerprint density at radius 2 is 2.00 bits per heavy atom. The minimum Gasteiger partial charge on any atom is -0.478 e. The van der Waals surface area contributed by atoms with Crippen LogP contribution in [0.2, 0.25) is 5.02 Å². The summed E-state index contributed by atoms with van der Waals surface area (Å²) in [5, 5.41) is 9.82. The predicted molar refractivity (Wildman–Crippen MR) is 73.7 cm³/mol. The van der Waals surface area contributed by atoms with Gasteiger partial charge >= 0.3 is 5.97 Å². The first kappa shape index (κ1) is 13.2. The molecule has 1 aliphatic carbocycles. The number of halogens is 1. The molecule has 3 nitrogen and oxygen atoms in total. The monoisotopic (exact) mass is 267 g/mol. The summed E-state index contributed by atoms with van der Waals surface area (Å²) >= 11 is 5.98. The Labute approximate surface area is 112 Å². The maximum atomic E-state index is 11.3. The van der Waals surface area contributed by atoms with Gasteiger partial charge in [0.05, 0.1) is 11.3 Å². The van der Waals surface area contributed by atoms with Gasteiger partial charge < -0.3 is 10.0 Å². The van der Waals surface area contributed by atoms with Crippen molar-refractivity contribution in [2.75, 3.05) is 11.9 Å². The standard InChI is InChI=1S/C14H18ClNO2/c1-16(11-5-3-2-4-6-11)13-9-10(15)7-8-12(13)14(17)18/h7-9,11H,2-6H2,1H3,(H,17,18). The van der Waals surface area contributed by atoms with Gasteiger partial charge in [-0.05, 0) is 31.0 Å². The number of carbonyl (C=O) groups is 1. The number of benzene rings is 1. The first-order valence-corrected chi connectivity index (χ1v) is 6.73. The average molecular weight is 268 g/mol. The van der Waals surface area contributed by atoms with Crippen LogP contribution in [0.5, 0.6) is 0 Å². The molecule has 1 fully saturated rings. The highest BCUT2D eigenvalue weighted by Gasteiger charge is 2.22. The maximum absolute atomic E-state index is 11.3. The van der Waals surface area contributed by atoms with Crippen molar-refractivity contribution in [1.29, 1.82) is 0 Å². The molecule has 0 aromatic heterocycles. The van der Waals surface area contributed by atoms with Gasteiger partial charge in [0.2, 0.25) is 0 Å². The second kappa shape index (κ2) is 5.61. The number of rotatable bonds is 3. The number of carboxylic acid groups (broad SMARTS) is 1. The van der Waals surface area contributed by atoms with E-state index in [1.54, 1.807) is 18.2 Å². The van der Waals surface area contributed by atoms with E-state index in [4.69, 9.17) is 11.6 Å². The largest absolute Gasteiger partial charge is 0.478 e. The van der Waals surface area contributed by atoms with Gasteiger partial charge in [-0.25, -0.2) is 4.79 Å². The lowest BCUT2D eigenvalue weighted by Crippen LogP contribution is -2.34. The van der Waals surface area contributed by atoms with Crippen molar-refractivity contribution >= 4 is 23.3 Å². The molecule has 1 saturated carbocycles. The normalized spacial score (nSPS) is 16.6. The Morgan fingerprint density at radius 3 is 2.61 bits per heavy atom. The van der Waals surface area contributed by atoms with Crippen LogP contribution in [0.25, 0.3) is 0 Å². The van der Waals surface area contributed by atoms with Crippen molar-refractivity contribution in [2.45, 2.75) is 38.1 Å². The lowest BCUT2D eigenvalue weighted by molar-refractivity contribution is 0.0697. The number of hydrogen-bond acceptors (Lipinski definition) is 2. The van der Waals surface area contributed by atoms with Crippen LogP contribution < -0.4 is 4.90 Å². The Morgan fingerprint density at radius 1 is 1.33 bits per heavy atom. The molecule has 0 amide bonds. The van der Waals surface area contributed by atoms with E-state index in [1.807, 2.05) is 7.05 Å². The zero-order valence-electron chi connectivity index (χ0n) is 10.5.